The van der Waals surface area contributed by atoms with Crippen molar-refractivity contribution in [3.63, 3.8) is 0 Å². The number of aryl methyl sites for hydroxylation is 1. The standard InChI is InChI=1S/C16H28FN3/c1-6-20(13(3)11-19(4)5)16(10-18)15-8-7-14(17)9-12(15)2/h7-9,13,16H,6,10-11,18H2,1-5H3. The summed E-state index contributed by atoms with van der Waals surface area (Å²) in [6.07, 6.45) is 0. The first-order valence-corrected chi connectivity index (χ1v) is 7.27. The van der Waals surface area contributed by atoms with E-state index in [2.05, 4.69) is 37.7 Å². The zero-order valence-electron chi connectivity index (χ0n) is 13.4. The maximum absolute atomic E-state index is 13.3. The molecule has 0 bridgehead atoms. The highest BCUT2D eigenvalue weighted by atomic mass is 19.1. The van der Waals surface area contributed by atoms with E-state index in [1.807, 2.05) is 13.0 Å². The van der Waals surface area contributed by atoms with Crippen LogP contribution >= 0.6 is 0 Å². The highest BCUT2D eigenvalue weighted by molar-refractivity contribution is 5.30. The molecule has 0 fully saturated rings. The highest BCUT2D eigenvalue weighted by Gasteiger charge is 2.24. The van der Waals surface area contributed by atoms with E-state index in [0.717, 1.165) is 24.2 Å². The van der Waals surface area contributed by atoms with Crippen molar-refractivity contribution in [2.45, 2.75) is 32.9 Å². The van der Waals surface area contributed by atoms with Gasteiger partial charge in [-0.2, -0.15) is 0 Å². The zero-order chi connectivity index (χ0) is 15.3. The van der Waals surface area contributed by atoms with Crippen LogP contribution in [0.5, 0.6) is 0 Å². The van der Waals surface area contributed by atoms with Gasteiger partial charge >= 0.3 is 0 Å². The van der Waals surface area contributed by atoms with Gasteiger partial charge in [-0.25, -0.2) is 4.39 Å². The van der Waals surface area contributed by atoms with E-state index < -0.39 is 0 Å². The van der Waals surface area contributed by atoms with Gasteiger partial charge in [-0.3, -0.25) is 4.90 Å². The molecular formula is C16H28FN3. The average Bonchev–Trinajstić information content (AvgIpc) is 2.35. The van der Waals surface area contributed by atoms with Gasteiger partial charge in [0.15, 0.2) is 0 Å². The lowest BCUT2D eigenvalue weighted by molar-refractivity contribution is 0.130. The number of halogens is 1. The van der Waals surface area contributed by atoms with Gasteiger partial charge in [0.1, 0.15) is 5.82 Å². The van der Waals surface area contributed by atoms with Gasteiger partial charge in [-0.15, -0.1) is 0 Å². The van der Waals surface area contributed by atoms with Gasteiger partial charge in [0, 0.05) is 25.2 Å². The van der Waals surface area contributed by atoms with Crippen LogP contribution in [0.3, 0.4) is 0 Å². The van der Waals surface area contributed by atoms with E-state index in [-0.39, 0.29) is 11.9 Å². The lowest BCUT2D eigenvalue weighted by atomic mass is 9.98. The lowest BCUT2D eigenvalue weighted by Gasteiger charge is -2.37. The number of nitrogens with two attached hydrogens (primary N) is 1. The molecule has 0 aliphatic heterocycles. The Bertz CT molecular complexity index is 420. The fourth-order valence-electron chi connectivity index (χ4n) is 2.93. The van der Waals surface area contributed by atoms with Crippen LogP contribution in [0.15, 0.2) is 18.2 Å². The Morgan fingerprint density at radius 2 is 1.95 bits per heavy atom. The fourth-order valence-corrected chi connectivity index (χ4v) is 2.93. The van der Waals surface area contributed by atoms with Gasteiger partial charge in [-0.1, -0.05) is 13.0 Å². The number of hydrogen-bond donors (Lipinski definition) is 1. The van der Waals surface area contributed by atoms with E-state index in [9.17, 15) is 4.39 Å². The summed E-state index contributed by atoms with van der Waals surface area (Å²) in [6, 6.07) is 5.51. The molecule has 0 saturated carbocycles. The normalized spacial score (nSPS) is 14.8. The number of benzene rings is 1. The maximum Gasteiger partial charge on any atom is 0.123 e. The third-order valence-corrected chi connectivity index (χ3v) is 3.78. The van der Waals surface area contributed by atoms with Crippen molar-refractivity contribution in [3.8, 4) is 0 Å². The Morgan fingerprint density at radius 3 is 2.40 bits per heavy atom. The molecule has 4 heteroatoms. The second-order valence-corrected chi connectivity index (χ2v) is 5.69. The molecule has 0 heterocycles. The summed E-state index contributed by atoms with van der Waals surface area (Å²) < 4.78 is 13.3. The first-order valence-electron chi connectivity index (χ1n) is 7.27. The average molecular weight is 281 g/mol. The summed E-state index contributed by atoms with van der Waals surface area (Å²) >= 11 is 0. The molecule has 0 amide bonds. The molecule has 3 nitrogen and oxygen atoms in total. The van der Waals surface area contributed by atoms with Crippen LogP contribution in [0.4, 0.5) is 4.39 Å². The molecule has 1 aromatic carbocycles. The molecular weight excluding hydrogens is 253 g/mol. The van der Waals surface area contributed by atoms with Crippen LogP contribution in [0.1, 0.15) is 31.0 Å². The van der Waals surface area contributed by atoms with E-state index in [0.29, 0.717) is 12.6 Å². The first-order chi connectivity index (χ1) is 9.40. The minimum absolute atomic E-state index is 0.135. The van der Waals surface area contributed by atoms with Gasteiger partial charge in [0.25, 0.3) is 0 Å². The number of rotatable bonds is 7. The SMILES string of the molecule is CCN(C(C)CN(C)C)C(CN)c1ccc(F)cc1C. The van der Waals surface area contributed by atoms with E-state index in [4.69, 9.17) is 5.73 Å². The van der Waals surface area contributed by atoms with Crippen molar-refractivity contribution in [3.05, 3.63) is 35.1 Å². The third kappa shape index (κ3) is 4.27. The Labute approximate surface area is 122 Å². The third-order valence-electron chi connectivity index (χ3n) is 3.78. The van der Waals surface area contributed by atoms with Crippen LogP contribution in [-0.4, -0.2) is 49.6 Å². The van der Waals surface area contributed by atoms with E-state index >= 15 is 0 Å². The van der Waals surface area contributed by atoms with Crippen LogP contribution in [-0.2, 0) is 0 Å². The topological polar surface area (TPSA) is 32.5 Å². The van der Waals surface area contributed by atoms with Crippen molar-refractivity contribution in [1.82, 2.24) is 9.80 Å². The second-order valence-electron chi connectivity index (χ2n) is 5.69. The predicted molar refractivity (Wildman–Crippen MR) is 83.3 cm³/mol. The van der Waals surface area contributed by atoms with Gasteiger partial charge in [0.2, 0.25) is 0 Å². The molecule has 0 aromatic heterocycles. The van der Waals surface area contributed by atoms with Crippen molar-refractivity contribution < 1.29 is 4.39 Å². The molecule has 0 saturated heterocycles. The zero-order valence-corrected chi connectivity index (χ0v) is 13.4. The molecule has 0 spiro atoms. The maximum atomic E-state index is 13.3. The Kier molecular flexibility index (Phi) is 6.59. The van der Waals surface area contributed by atoms with Gasteiger partial charge in [-0.05, 0) is 57.7 Å². The minimum atomic E-state index is -0.189. The molecule has 0 radical (unpaired) electrons. The number of hydrogen-bond acceptors (Lipinski definition) is 3. The second kappa shape index (κ2) is 7.72. The summed E-state index contributed by atoms with van der Waals surface area (Å²) in [5.74, 6) is -0.189. The van der Waals surface area contributed by atoms with Crippen LogP contribution in [0.2, 0.25) is 0 Å². The Balaban J connectivity index is 3.02. The highest BCUT2D eigenvalue weighted by Crippen LogP contribution is 2.25. The molecule has 1 rings (SSSR count). The van der Waals surface area contributed by atoms with E-state index in [1.54, 1.807) is 6.07 Å². The molecule has 114 valence electrons. The van der Waals surface area contributed by atoms with Crippen LogP contribution in [0, 0.1) is 12.7 Å². The van der Waals surface area contributed by atoms with Crippen LogP contribution in [0.25, 0.3) is 0 Å². The Morgan fingerprint density at radius 1 is 1.30 bits per heavy atom. The molecule has 2 N–H and O–H groups in total. The Hall–Kier alpha value is -0.970. The number of nitrogens with zero attached hydrogens (tertiary/aromatic N) is 2. The van der Waals surface area contributed by atoms with Gasteiger partial charge < -0.3 is 10.6 Å². The molecule has 2 unspecified atom stereocenters. The molecule has 1 aromatic rings. The van der Waals surface area contributed by atoms with E-state index in [1.165, 1.54) is 6.07 Å². The smallest absolute Gasteiger partial charge is 0.123 e. The number of likely N-dealkylation sites (N-methyl/N-ethyl adjacent to an activating group) is 2. The summed E-state index contributed by atoms with van der Waals surface area (Å²) in [5.41, 5.74) is 8.10. The summed E-state index contributed by atoms with van der Waals surface area (Å²) in [4.78, 5) is 4.57. The monoisotopic (exact) mass is 281 g/mol. The summed E-state index contributed by atoms with van der Waals surface area (Å²) in [5, 5.41) is 0. The van der Waals surface area contributed by atoms with Crippen molar-refractivity contribution in [2.75, 3.05) is 33.7 Å². The molecule has 0 aliphatic rings. The molecule has 2 atom stereocenters. The van der Waals surface area contributed by atoms with Gasteiger partial charge in [0.05, 0.1) is 0 Å². The first kappa shape index (κ1) is 17.1. The fraction of sp³-hybridized carbons (Fsp3) is 0.625. The molecule has 0 aliphatic carbocycles. The quantitative estimate of drug-likeness (QED) is 0.833. The molecule has 20 heavy (non-hydrogen) atoms. The van der Waals surface area contributed by atoms with Crippen molar-refractivity contribution in [1.29, 1.82) is 0 Å². The summed E-state index contributed by atoms with van der Waals surface area (Å²) in [6.45, 7) is 8.75. The largest absolute Gasteiger partial charge is 0.329 e. The van der Waals surface area contributed by atoms with Crippen molar-refractivity contribution in [2.24, 2.45) is 5.73 Å². The van der Waals surface area contributed by atoms with Crippen molar-refractivity contribution >= 4 is 0 Å². The van der Waals surface area contributed by atoms with Crippen LogP contribution < -0.4 is 5.73 Å². The predicted octanol–water partition coefficient (Wildman–Crippen LogP) is 2.41. The lowest BCUT2D eigenvalue weighted by Crippen LogP contribution is -2.44. The minimum Gasteiger partial charge on any atom is -0.329 e. The summed E-state index contributed by atoms with van der Waals surface area (Å²) in [7, 11) is 4.15.